The lowest BCUT2D eigenvalue weighted by atomic mass is 10.3. The number of likely N-dealkylation sites (N-methyl/N-ethyl adjacent to an activating group) is 1. The van der Waals surface area contributed by atoms with Gasteiger partial charge in [-0.1, -0.05) is 19.1 Å². The summed E-state index contributed by atoms with van der Waals surface area (Å²) in [5.74, 6) is 0.475. The summed E-state index contributed by atoms with van der Waals surface area (Å²) in [6, 6.07) is 7.26. The average Bonchev–Trinajstić information content (AvgIpc) is 2.52. The van der Waals surface area contributed by atoms with Crippen molar-refractivity contribution in [2.24, 2.45) is 0 Å². The molecule has 0 radical (unpaired) electrons. The number of hydrogen-bond donors (Lipinski definition) is 2. The molecule has 1 aromatic rings. The zero-order chi connectivity index (χ0) is 17.2. The van der Waals surface area contributed by atoms with Crippen molar-refractivity contribution < 1.29 is 19.4 Å². The molecule has 0 saturated heterocycles. The summed E-state index contributed by atoms with van der Waals surface area (Å²) in [5.41, 5.74) is 0.639. The molecule has 1 unspecified atom stereocenters. The van der Waals surface area contributed by atoms with Gasteiger partial charge in [0, 0.05) is 6.54 Å². The zero-order valence-corrected chi connectivity index (χ0v) is 14.4. The molecule has 0 aromatic heterocycles. The third-order valence-electron chi connectivity index (χ3n) is 3.29. The molecule has 1 atom stereocenters. The molecule has 0 fully saturated rings. The molecule has 0 aliphatic carbocycles. The number of methoxy groups -OCH3 is 1. The van der Waals surface area contributed by atoms with Crippen molar-refractivity contribution in [3.05, 3.63) is 24.3 Å². The van der Waals surface area contributed by atoms with E-state index < -0.39 is 6.10 Å². The van der Waals surface area contributed by atoms with Gasteiger partial charge in [-0.15, -0.1) is 0 Å². The minimum Gasteiger partial charge on any atom is -0.495 e. The van der Waals surface area contributed by atoms with E-state index in [1.165, 1.54) is 0 Å². The second-order valence-electron chi connectivity index (χ2n) is 5.61. The number of carbonyl (C=O) groups excluding carboxylic acids is 1. The number of amides is 1. The molecule has 6 heteroatoms. The molecule has 1 aromatic carbocycles. The summed E-state index contributed by atoms with van der Waals surface area (Å²) in [6.07, 6.45) is -0.537. The number of carbonyl (C=O) groups is 1. The van der Waals surface area contributed by atoms with Crippen molar-refractivity contribution in [1.29, 1.82) is 0 Å². The summed E-state index contributed by atoms with van der Waals surface area (Å²) in [7, 11) is 1.56. The van der Waals surface area contributed by atoms with Crippen molar-refractivity contribution in [1.82, 2.24) is 4.90 Å². The van der Waals surface area contributed by atoms with E-state index in [1.54, 1.807) is 19.2 Å². The number of benzene rings is 1. The van der Waals surface area contributed by atoms with Crippen molar-refractivity contribution in [2.75, 3.05) is 38.7 Å². The molecule has 0 saturated carbocycles. The van der Waals surface area contributed by atoms with Gasteiger partial charge in [-0.3, -0.25) is 9.69 Å². The van der Waals surface area contributed by atoms with Crippen molar-refractivity contribution in [2.45, 2.75) is 33.0 Å². The highest BCUT2D eigenvalue weighted by Crippen LogP contribution is 2.22. The lowest BCUT2D eigenvalue weighted by Crippen LogP contribution is -2.40. The van der Waals surface area contributed by atoms with Crippen LogP contribution in [0.3, 0.4) is 0 Å². The van der Waals surface area contributed by atoms with Crippen LogP contribution in [0.5, 0.6) is 5.75 Å². The first-order valence-electron chi connectivity index (χ1n) is 7.91. The van der Waals surface area contributed by atoms with E-state index in [2.05, 4.69) is 5.32 Å². The second-order valence-corrected chi connectivity index (χ2v) is 5.61. The van der Waals surface area contributed by atoms with Crippen LogP contribution in [0.2, 0.25) is 0 Å². The molecule has 130 valence electrons. The number of hydrogen-bond acceptors (Lipinski definition) is 5. The van der Waals surface area contributed by atoms with Gasteiger partial charge in [0.05, 0.1) is 38.2 Å². The summed E-state index contributed by atoms with van der Waals surface area (Å²) in [5, 5.41) is 12.8. The maximum atomic E-state index is 12.2. The molecule has 1 rings (SSSR count). The number of para-hydroxylation sites is 2. The summed E-state index contributed by atoms with van der Waals surface area (Å²) in [4.78, 5) is 14.1. The van der Waals surface area contributed by atoms with Crippen LogP contribution in [-0.4, -0.2) is 61.5 Å². The van der Waals surface area contributed by atoms with E-state index in [-0.39, 0.29) is 25.2 Å². The van der Waals surface area contributed by atoms with Crippen molar-refractivity contribution >= 4 is 11.6 Å². The Hall–Kier alpha value is -1.63. The van der Waals surface area contributed by atoms with Crippen molar-refractivity contribution in [3.63, 3.8) is 0 Å². The van der Waals surface area contributed by atoms with Crippen LogP contribution in [0.25, 0.3) is 0 Å². The van der Waals surface area contributed by atoms with Crippen molar-refractivity contribution in [3.8, 4) is 5.75 Å². The maximum Gasteiger partial charge on any atom is 0.238 e. The van der Waals surface area contributed by atoms with Gasteiger partial charge in [-0.25, -0.2) is 0 Å². The summed E-state index contributed by atoms with van der Waals surface area (Å²) >= 11 is 0. The topological polar surface area (TPSA) is 71.0 Å². The van der Waals surface area contributed by atoms with Gasteiger partial charge in [0.1, 0.15) is 5.75 Å². The van der Waals surface area contributed by atoms with Gasteiger partial charge in [-0.05, 0) is 32.5 Å². The number of rotatable bonds is 10. The van der Waals surface area contributed by atoms with E-state index in [0.29, 0.717) is 24.5 Å². The number of ether oxygens (including phenoxy) is 2. The Morgan fingerprint density at radius 2 is 2.04 bits per heavy atom. The van der Waals surface area contributed by atoms with Crippen LogP contribution in [0, 0.1) is 0 Å². The number of nitrogens with one attached hydrogen (secondary N) is 1. The molecule has 0 heterocycles. The van der Waals surface area contributed by atoms with Crippen LogP contribution < -0.4 is 10.1 Å². The fourth-order valence-electron chi connectivity index (χ4n) is 2.10. The van der Waals surface area contributed by atoms with Gasteiger partial charge in [0.25, 0.3) is 0 Å². The lowest BCUT2D eigenvalue weighted by molar-refractivity contribution is -0.117. The quantitative estimate of drug-likeness (QED) is 0.686. The van der Waals surface area contributed by atoms with Crippen LogP contribution in [0.15, 0.2) is 24.3 Å². The standard InChI is InChI=1S/C17H28N2O4/c1-5-19(10-14(20)12-23-13(2)3)11-17(21)18-15-8-6-7-9-16(15)22-4/h6-9,13-14,20H,5,10-12H2,1-4H3,(H,18,21). The van der Waals surface area contributed by atoms with Crippen LogP contribution >= 0.6 is 0 Å². The third kappa shape index (κ3) is 7.45. The first-order valence-corrected chi connectivity index (χ1v) is 7.91. The Morgan fingerprint density at radius 1 is 1.35 bits per heavy atom. The fraction of sp³-hybridized carbons (Fsp3) is 0.588. The number of nitrogens with zero attached hydrogens (tertiary/aromatic N) is 1. The van der Waals surface area contributed by atoms with E-state index >= 15 is 0 Å². The molecule has 0 aliphatic heterocycles. The fourth-order valence-corrected chi connectivity index (χ4v) is 2.10. The molecular weight excluding hydrogens is 296 g/mol. The van der Waals surface area contributed by atoms with Gasteiger partial charge in [0.2, 0.25) is 5.91 Å². The highest BCUT2D eigenvalue weighted by atomic mass is 16.5. The highest BCUT2D eigenvalue weighted by Gasteiger charge is 2.15. The lowest BCUT2D eigenvalue weighted by Gasteiger charge is -2.23. The molecule has 23 heavy (non-hydrogen) atoms. The Bertz CT molecular complexity index is 479. The summed E-state index contributed by atoms with van der Waals surface area (Å²) in [6.45, 7) is 7.32. The van der Waals surface area contributed by atoms with Gasteiger partial charge in [0.15, 0.2) is 0 Å². The van der Waals surface area contributed by atoms with E-state index in [0.717, 1.165) is 0 Å². The Labute approximate surface area is 138 Å². The normalized spacial score (nSPS) is 12.5. The SMILES string of the molecule is CCN(CC(=O)Nc1ccccc1OC)CC(O)COC(C)C. The van der Waals surface area contributed by atoms with Crippen LogP contribution in [-0.2, 0) is 9.53 Å². The van der Waals surface area contributed by atoms with Gasteiger partial charge in [-0.2, -0.15) is 0 Å². The Morgan fingerprint density at radius 3 is 2.65 bits per heavy atom. The minimum absolute atomic E-state index is 0.0774. The number of anilines is 1. The molecule has 2 N–H and O–H groups in total. The van der Waals surface area contributed by atoms with Gasteiger partial charge < -0.3 is 19.9 Å². The van der Waals surface area contributed by atoms with E-state index in [9.17, 15) is 9.90 Å². The van der Waals surface area contributed by atoms with E-state index in [1.807, 2.05) is 37.8 Å². The summed E-state index contributed by atoms with van der Waals surface area (Å²) < 4.78 is 10.6. The number of aliphatic hydroxyl groups excluding tert-OH is 1. The smallest absolute Gasteiger partial charge is 0.238 e. The molecule has 0 spiro atoms. The maximum absolute atomic E-state index is 12.2. The Balaban J connectivity index is 2.49. The first kappa shape index (κ1) is 19.4. The molecule has 0 bridgehead atoms. The first-order chi connectivity index (χ1) is 11.0. The zero-order valence-electron chi connectivity index (χ0n) is 14.4. The molecule has 6 nitrogen and oxygen atoms in total. The van der Waals surface area contributed by atoms with Gasteiger partial charge >= 0.3 is 0 Å². The van der Waals surface area contributed by atoms with E-state index in [4.69, 9.17) is 9.47 Å². The third-order valence-corrected chi connectivity index (χ3v) is 3.29. The largest absolute Gasteiger partial charge is 0.495 e. The average molecular weight is 324 g/mol. The van der Waals surface area contributed by atoms with Crippen LogP contribution in [0.1, 0.15) is 20.8 Å². The molecular formula is C17H28N2O4. The molecule has 1 amide bonds. The van der Waals surface area contributed by atoms with Crippen LogP contribution in [0.4, 0.5) is 5.69 Å². The predicted molar refractivity (Wildman–Crippen MR) is 90.8 cm³/mol. The molecule has 0 aliphatic rings. The highest BCUT2D eigenvalue weighted by molar-refractivity contribution is 5.93. The Kier molecular flexibility index (Phi) is 8.61. The second kappa shape index (κ2) is 10.2. The minimum atomic E-state index is -0.614. The monoisotopic (exact) mass is 324 g/mol. The predicted octanol–water partition coefficient (Wildman–Crippen LogP) is 1.74. The number of aliphatic hydroxyl groups is 1.